The summed E-state index contributed by atoms with van der Waals surface area (Å²) >= 11 is 0. The van der Waals surface area contributed by atoms with Crippen LogP contribution in [0, 0.1) is 0 Å². The van der Waals surface area contributed by atoms with Gasteiger partial charge in [-0.05, 0) is 20.8 Å². The summed E-state index contributed by atoms with van der Waals surface area (Å²) in [6.07, 6.45) is 1.58. The van der Waals surface area contributed by atoms with Crippen LogP contribution in [0.2, 0.25) is 0 Å². The standard InChI is InChI=1S/C13H21N3O2/c1-13(2,3)16-7-10-11(8-16)14-9-15-12(10)18-6-5-17-4/h9H,5-8H2,1-4H3. The van der Waals surface area contributed by atoms with E-state index in [9.17, 15) is 0 Å². The van der Waals surface area contributed by atoms with E-state index in [0.717, 1.165) is 24.3 Å². The van der Waals surface area contributed by atoms with Crippen LogP contribution in [0.1, 0.15) is 32.0 Å². The molecule has 0 aliphatic carbocycles. The Morgan fingerprint density at radius 1 is 1.22 bits per heavy atom. The minimum Gasteiger partial charge on any atom is -0.475 e. The Hall–Kier alpha value is -1.20. The van der Waals surface area contributed by atoms with E-state index in [4.69, 9.17) is 9.47 Å². The fourth-order valence-corrected chi connectivity index (χ4v) is 1.97. The second-order valence-corrected chi connectivity index (χ2v) is 5.47. The van der Waals surface area contributed by atoms with E-state index >= 15 is 0 Å². The zero-order valence-electron chi connectivity index (χ0n) is 11.6. The molecule has 0 fully saturated rings. The van der Waals surface area contributed by atoms with Crippen molar-refractivity contribution >= 4 is 0 Å². The van der Waals surface area contributed by atoms with Crippen molar-refractivity contribution in [2.75, 3.05) is 20.3 Å². The summed E-state index contributed by atoms with van der Waals surface area (Å²) in [5.41, 5.74) is 2.32. The first-order valence-corrected chi connectivity index (χ1v) is 6.22. The number of methoxy groups -OCH3 is 1. The monoisotopic (exact) mass is 251 g/mol. The maximum atomic E-state index is 5.65. The van der Waals surface area contributed by atoms with E-state index < -0.39 is 0 Å². The van der Waals surface area contributed by atoms with Crippen LogP contribution in [-0.4, -0.2) is 40.7 Å². The first-order chi connectivity index (χ1) is 8.52. The zero-order valence-corrected chi connectivity index (χ0v) is 11.6. The van der Waals surface area contributed by atoms with E-state index in [1.165, 1.54) is 0 Å². The summed E-state index contributed by atoms with van der Waals surface area (Å²) in [5.74, 6) is 0.698. The Balaban J connectivity index is 2.12. The van der Waals surface area contributed by atoms with Gasteiger partial charge in [-0.1, -0.05) is 0 Å². The lowest BCUT2D eigenvalue weighted by Gasteiger charge is -2.30. The van der Waals surface area contributed by atoms with Crippen molar-refractivity contribution in [1.82, 2.24) is 14.9 Å². The van der Waals surface area contributed by atoms with Crippen LogP contribution in [0.15, 0.2) is 6.33 Å². The van der Waals surface area contributed by atoms with Crippen LogP contribution >= 0.6 is 0 Å². The molecule has 0 aromatic carbocycles. The maximum Gasteiger partial charge on any atom is 0.221 e. The SMILES string of the molecule is COCCOc1ncnc2c1CN(C(C)(C)C)C2. The van der Waals surface area contributed by atoms with Gasteiger partial charge in [0.15, 0.2) is 0 Å². The molecule has 1 aromatic rings. The molecule has 5 heteroatoms. The number of hydrogen-bond acceptors (Lipinski definition) is 5. The molecule has 1 aromatic heterocycles. The molecule has 0 unspecified atom stereocenters. The second-order valence-electron chi connectivity index (χ2n) is 5.47. The van der Waals surface area contributed by atoms with Gasteiger partial charge in [0, 0.05) is 25.7 Å². The average Bonchev–Trinajstić information content (AvgIpc) is 2.73. The summed E-state index contributed by atoms with van der Waals surface area (Å²) in [6.45, 7) is 9.43. The van der Waals surface area contributed by atoms with Crippen molar-refractivity contribution in [2.45, 2.75) is 39.4 Å². The molecule has 0 atom stereocenters. The summed E-state index contributed by atoms with van der Waals surface area (Å²) in [5, 5.41) is 0. The molecule has 0 amide bonds. The third-order valence-corrected chi connectivity index (χ3v) is 3.16. The highest BCUT2D eigenvalue weighted by Crippen LogP contribution is 2.31. The smallest absolute Gasteiger partial charge is 0.221 e. The minimum atomic E-state index is 0.129. The zero-order chi connectivity index (χ0) is 13.2. The van der Waals surface area contributed by atoms with Crippen molar-refractivity contribution in [3.63, 3.8) is 0 Å². The first-order valence-electron chi connectivity index (χ1n) is 6.22. The van der Waals surface area contributed by atoms with Gasteiger partial charge in [0.2, 0.25) is 5.88 Å². The third kappa shape index (κ3) is 2.79. The number of aromatic nitrogens is 2. The number of hydrogen-bond donors (Lipinski definition) is 0. The van der Waals surface area contributed by atoms with E-state index in [2.05, 4.69) is 35.6 Å². The lowest BCUT2D eigenvalue weighted by molar-refractivity contribution is 0.130. The van der Waals surface area contributed by atoms with Crippen molar-refractivity contribution in [2.24, 2.45) is 0 Å². The minimum absolute atomic E-state index is 0.129. The van der Waals surface area contributed by atoms with E-state index in [-0.39, 0.29) is 5.54 Å². The molecular weight excluding hydrogens is 230 g/mol. The largest absolute Gasteiger partial charge is 0.475 e. The Morgan fingerprint density at radius 2 is 2.00 bits per heavy atom. The molecule has 1 aliphatic rings. The predicted molar refractivity (Wildman–Crippen MR) is 68.4 cm³/mol. The van der Waals surface area contributed by atoms with Gasteiger partial charge < -0.3 is 9.47 Å². The molecule has 0 saturated carbocycles. The van der Waals surface area contributed by atoms with Crippen molar-refractivity contribution in [3.8, 4) is 5.88 Å². The normalized spacial score (nSPS) is 15.8. The van der Waals surface area contributed by atoms with E-state index in [0.29, 0.717) is 19.1 Å². The third-order valence-electron chi connectivity index (χ3n) is 3.16. The number of nitrogens with zero attached hydrogens (tertiary/aromatic N) is 3. The van der Waals surface area contributed by atoms with Crippen LogP contribution in [0.5, 0.6) is 5.88 Å². The quantitative estimate of drug-likeness (QED) is 0.761. The van der Waals surface area contributed by atoms with Gasteiger partial charge in [0.05, 0.1) is 17.9 Å². The molecule has 0 radical (unpaired) electrons. The van der Waals surface area contributed by atoms with Crippen LogP contribution in [0.4, 0.5) is 0 Å². The van der Waals surface area contributed by atoms with Crippen LogP contribution in [0.25, 0.3) is 0 Å². The van der Waals surface area contributed by atoms with Gasteiger partial charge in [0.1, 0.15) is 12.9 Å². The van der Waals surface area contributed by atoms with Gasteiger partial charge in [-0.15, -0.1) is 0 Å². The lowest BCUT2D eigenvalue weighted by atomic mass is 10.1. The fourth-order valence-electron chi connectivity index (χ4n) is 1.97. The fraction of sp³-hybridized carbons (Fsp3) is 0.692. The van der Waals surface area contributed by atoms with Crippen molar-refractivity contribution in [1.29, 1.82) is 0 Å². The summed E-state index contributed by atoms with van der Waals surface area (Å²) < 4.78 is 10.6. The Kier molecular flexibility index (Phi) is 3.82. The van der Waals surface area contributed by atoms with Crippen molar-refractivity contribution < 1.29 is 9.47 Å². The van der Waals surface area contributed by atoms with Crippen molar-refractivity contribution in [3.05, 3.63) is 17.6 Å². The van der Waals surface area contributed by atoms with Gasteiger partial charge in [-0.3, -0.25) is 4.90 Å². The molecule has 2 rings (SSSR count). The van der Waals surface area contributed by atoms with E-state index in [1.807, 2.05) is 0 Å². The molecule has 0 spiro atoms. The van der Waals surface area contributed by atoms with Crippen LogP contribution in [-0.2, 0) is 17.8 Å². The van der Waals surface area contributed by atoms with Gasteiger partial charge in [0.25, 0.3) is 0 Å². The van der Waals surface area contributed by atoms with Crippen LogP contribution in [0.3, 0.4) is 0 Å². The van der Waals surface area contributed by atoms with Crippen LogP contribution < -0.4 is 4.74 Å². The first kappa shape index (κ1) is 13.2. The van der Waals surface area contributed by atoms with Gasteiger partial charge >= 0.3 is 0 Å². The molecule has 5 nitrogen and oxygen atoms in total. The van der Waals surface area contributed by atoms with E-state index in [1.54, 1.807) is 13.4 Å². The summed E-state index contributed by atoms with van der Waals surface area (Å²) in [6, 6.07) is 0. The molecule has 18 heavy (non-hydrogen) atoms. The Labute approximate surface area is 108 Å². The topological polar surface area (TPSA) is 47.5 Å². The number of rotatable bonds is 4. The summed E-state index contributed by atoms with van der Waals surface area (Å²) in [4.78, 5) is 10.9. The maximum absolute atomic E-state index is 5.65. The van der Waals surface area contributed by atoms with Gasteiger partial charge in [-0.25, -0.2) is 9.97 Å². The highest BCUT2D eigenvalue weighted by atomic mass is 16.5. The number of fused-ring (bicyclic) bond motifs is 1. The lowest BCUT2D eigenvalue weighted by Crippen LogP contribution is -2.36. The Bertz CT molecular complexity index is 415. The Morgan fingerprint density at radius 3 is 2.67 bits per heavy atom. The average molecular weight is 251 g/mol. The second kappa shape index (κ2) is 5.20. The molecule has 1 aliphatic heterocycles. The molecule has 0 saturated heterocycles. The highest BCUT2D eigenvalue weighted by Gasteiger charge is 2.31. The molecule has 0 bridgehead atoms. The molecular formula is C13H21N3O2. The number of ether oxygens (including phenoxy) is 2. The molecule has 2 heterocycles. The molecule has 0 N–H and O–H groups in total. The van der Waals surface area contributed by atoms with Gasteiger partial charge in [-0.2, -0.15) is 0 Å². The predicted octanol–water partition coefficient (Wildman–Crippen LogP) is 1.62. The highest BCUT2D eigenvalue weighted by molar-refractivity contribution is 5.33. The summed E-state index contributed by atoms with van der Waals surface area (Å²) in [7, 11) is 1.66. The molecule has 100 valence electrons.